The topological polar surface area (TPSA) is 130 Å². The Hall–Kier alpha value is -3.55. The number of hydrogen-bond acceptors (Lipinski definition) is 7. The maximum absolute atomic E-state index is 13.0. The molecule has 0 aromatic heterocycles. The maximum Gasteiger partial charge on any atom is 0.347 e. The van der Waals surface area contributed by atoms with Gasteiger partial charge in [0.15, 0.2) is 0 Å². The van der Waals surface area contributed by atoms with Crippen LogP contribution in [0.15, 0.2) is 24.3 Å². The zero-order chi connectivity index (χ0) is 24.5. The maximum atomic E-state index is 13.0. The van der Waals surface area contributed by atoms with Crippen molar-refractivity contribution in [3.63, 3.8) is 0 Å². The minimum absolute atomic E-state index is 0.0601. The van der Waals surface area contributed by atoms with Gasteiger partial charge in [-0.15, -0.1) is 0 Å². The number of carboxylic acids is 1. The van der Waals surface area contributed by atoms with E-state index in [1.54, 1.807) is 0 Å². The number of unbranched alkanes of at least 4 members (excludes halogenated alkanes) is 2. The summed E-state index contributed by atoms with van der Waals surface area (Å²) >= 11 is 0. The fraction of sp³-hybridized carbons (Fsp3) is 0.400. The van der Waals surface area contributed by atoms with Gasteiger partial charge in [-0.25, -0.2) is 9.59 Å². The Labute approximate surface area is 192 Å². The monoisotopic (exact) mass is 458 g/mol. The van der Waals surface area contributed by atoms with Gasteiger partial charge in [-0.2, -0.15) is 0 Å². The van der Waals surface area contributed by atoms with Crippen LogP contribution in [-0.4, -0.2) is 40.2 Å². The molecule has 0 spiro atoms. The van der Waals surface area contributed by atoms with Crippen LogP contribution < -0.4 is 9.47 Å². The Kier molecular flexibility index (Phi) is 9.27. The number of phenolic OH excluding ortho intramolecular Hbond substituents is 1. The molecular weight excluding hydrogens is 428 g/mol. The highest BCUT2D eigenvalue weighted by atomic mass is 16.5. The van der Waals surface area contributed by atoms with Gasteiger partial charge < -0.3 is 24.8 Å². The molecule has 0 heterocycles. The lowest BCUT2D eigenvalue weighted by Crippen LogP contribution is -2.15. The Balaban J connectivity index is 2.42. The van der Waals surface area contributed by atoms with Crippen molar-refractivity contribution in [2.75, 3.05) is 7.11 Å². The number of carbonyl (C=O) groups is 3. The Morgan fingerprint density at radius 2 is 1.48 bits per heavy atom. The Morgan fingerprint density at radius 1 is 0.848 bits per heavy atom. The van der Waals surface area contributed by atoms with Crippen molar-refractivity contribution in [1.82, 2.24) is 0 Å². The van der Waals surface area contributed by atoms with Crippen molar-refractivity contribution in [2.45, 2.75) is 58.8 Å². The molecular formula is C25H30O8. The molecule has 2 rings (SSSR count). The van der Waals surface area contributed by atoms with Gasteiger partial charge in [-0.05, 0) is 42.5 Å². The molecule has 0 fully saturated rings. The number of Topliss-reactive ketones (excluding diaryl/α,β-unsaturated/α-hetero) is 1. The molecule has 8 heteroatoms. The van der Waals surface area contributed by atoms with Crippen LogP contribution in [0.25, 0.3) is 0 Å². The van der Waals surface area contributed by atoms with E-state index in [1.165, 1.54) is 25.3 Å². The number of aryl methyl sites for hydroxylation is 1. The molecule has 8 nitrogen and oxygen atoms in total. The number of ether oxygens (including phenoxy) is 2. The zero-order valence-corrected chi connectivity index (χ0v) is 19.1. The van der Waals surface area contributed by atoms with Crippen molar-refractivity contribution in [3.05, 3.63) is 46.5 Å². The molecule has 0 saturated carbocycles. The second-order valence-electron chi connectivity index (χ2n) is 7.77. The molecule has 0 atom stereocenters. The molecule has 0 amide bonds. The highest BCUT2D eigenvalue weighted by Gasteiger charge is 2.24. The first-order chi connectivity index (χ1) is 15.7. The second-order valence-corrected chi connectivity index (χ2v) is 7.77. The van der Waals surface area contributed by atoms with E-state index in [-0.39, 0.29) is 40.4 Å². The van der Waals surface area contributed by atoms with Crippen LogP contribution in [-0.2, 0) is 17.6 Å². The van der Waals surface area contributed by atoms with Gasteiger partial charge in [0.05, 0.1) is 7.11 Å². The van der Waals surface area contributed by atoms with Crippen molar-refractivity contribution >= 4 is 17.7 Å². The van der Waals surface area contributed by atoms with E-state index in [0.29, 0.717) is 31.2 Å². The van der Waals surface area contributed by atoms with E-state index in [9.17, 15) is 29.7 Å². The third-order valence-corrected chi connectivity index (χ3v) is 5.18. The fourth-order valence-corrected chi connectivity index (χ4v) is 3.61. The number of phenols is 2. The van der Waals surface area contributed by atoms with E-state index >= 15 is 0 Å². The van der Waals surface area contributed by atoms with Crippen LogP contribution in [0.4, 0.5) is 0 Å². The summed E-state index contributed by atoms with van der Waals surface area (Å²) in [5.74, 6) is -3.02. The smallest absolute Gasteiger partial charge is 0.347 e. The van der Waals surface area contributed by atoms with Crippen LogP contribution in [0.2, 0.25) is 0 Å². The number of aromatic hydroxyl groups is 2. The summed E-state index contributed by atoms with van der Waals surface area (Å²) in [5, 5.41) is 30.2. The zero-order valence-electron chi connectivity index (χ0n) is 19.1. The van der Waals surface area contributed by atoms with E-state index in [2.05, 4.69) is 0 Å². The molecule has 0 bridgehead atoms. The Morgan fingerprint density at radius 3 is 2.09 bits per heavy atom. The average molecular weight is 459 g/mol. The Bertz CT molecular complexity index is 1030. The number of hydrogen-bond donors (Lipinski definition) is 3. The van der Waals surface area contributed by atoms with Gasteiger partial charge in [0.2, 0.25) is 0 Å². The molecule has 178 valence electrons. The molecule has 0 saturated heterocycles. The summed E-state index contributed by atoms with van der Waals surface area (Å²) in [4.78, 5) is 36.8. The number of aromatic carboxylic acids is 1. The molecule has 33 heavy (non-hydrogen) atoms. The number of methoxy groups -OCH3 is 1. The van der Waals surface area contributed by atoms with Crippen molar-refractivity contribution in [2.24, 2.45) is 0 Å². The van der Waals surface area contributed by atoms with Gasteiger partial charge in [0, 0.05) is 25.0 Å². The quantitative estimate of drug-likeness (QED) is 0.238. The van der Waals surface area contributed by atoms with Crippen molar-refractivity contribution in [3.8, 4) is 23.0 Å². The second kappa shape index (κ2) is 11.9. The van der Waals surface area contributed by atoms with Crippen LogP contribution in [0, 0.1) is 0 Å². The number of benzene rings is 2. The van der Waals surface area contributed by atoms with Crippen LogP contribution in [0.3, 0.4) is 0 Å². The van der Waals surface area contributed by atoms with E-state index in [4.69, 9.17) is 9.47 Å². The summed E-state index contributed by atoms with van der Waals surface area (Å²) in [5.41, 5.74) is 0.180. The first-order valence-corrected chi connectivity index (χ1v) is 10.9. The highest BCUT2D eigenvalue weighted by Crippen LogP contribution is 2.33. The minimum atomic E-state index is -1.28. The van der Waals surface area contributed by atoms with Crippen molar-refractivity contribution in [1.29, 1.82) is 0 Å². The summed E-state index contributed by atoms with van der Waals surface area (Å²) in [7, 11) is 1.40. The molecule has 0 unspecified atom stereocenters. The molecule has 0 aliphatic carbocycles. The predicted octanol–water partition coefficient (Wildman–Crippen LogP) is 4.67. The molecule has 2 aromatic carbocycles. The van der Waals surface area contributed by atoms with Crippen molar-refractivity contribution < 1.29 is 39.2 Å². The van der Waals surface area contributed by atoms with E-state index in [0.717, 1.165) is 18.9 Å². The average Bonchev–Trinajstić information content (AvgIpc) is 2.73. The number of rotatable bonds is 12. The lowest BCUT2D eigenvalue weighted by Gasteiger charge is -2.15. The standard InChI is InChI=1S/C25H30O8/c1-4-6-7-9-15-11-19(14-20(27)22(15)24(29)30)33-25(31)23-16(10-17(26)8-5-2)12-18(32-3)13-21(23)28/h11-14,27-28H,4-10H2,1-3H3,(H,29,30). The molecule has 0 radical (unpaired) electrons. The molecule has 0 aliphatic rings. The predicted molar refractivity (Wildman–Crippen MR) is 122 cm³/mol. The van der Waals surface area contributed by atoms with Gasteiger partial charge in [-0.1, -0.05) is 26.7 Å². The van der Waals surface area contributed by atoms with Crippen LogP contribution >= 0.6 is 0 Å². The third kappa shape index (κ3) is 6.71. The minimum Gasteiger partial charge on any atom is -0.507 e. The lowest BCUT2D eigenvalue weighted by atomic mass is 9.98. The highest BCUT2D eigenvalue weighted by molar-refractivity contribution is 5.98. The number of esters is 1. The summed E-state index contributed by atoms with van der Waals surface area (Å²) in [6.07, 6.45) is 3.77. The van der Waals surface area contributed by atoms with Gasteiger partial charge in [-0.3, -0.25) is 4.79 Å². The molecule has 0 aliphatic heterocycles. The number of ketones is 1. The summed E-state index contributed by atoms with van der Waals surface area (Å²) in [6, 6.07) is 5.18. The first-order valence-electron chi connectivity index (χ1n) is 10.9. The summed E-state index contributed by atoms with van der Waals surface area (Å²) in [6.45, 7) is 3.87. The lowest BCUT2D eigenvalue weighted by molar-refractivity contribution is -0.118. The van der Waals surface area contributed by atoms with Crippen LogP contribution in [0.5, 0.6) is 23.0 Å². The fourth-order valence-electron chi connectivity index (χ4n) is 3.61. The number of carboxylic acid groups (broad SMARTS) is 1. The third-order valence-electron chi connectivity index (χ3n) is 5.18. The molecule has 3 N–H and O–H groups in total. The van der Waals surface area contributed by atoms with Gasteiger partial charge in [0.1, 0.15) is 39.9 Å². The first kappa shape index (κ1) is 25.7. The SMILES string of the molecule is CCCCCc1cc(OC(=O)c2c(O)cc(OC)cc2CC(=O)CCC)cc(O)c1C(=O)O. The number of carbonyl (C=O) groups excluding carboxylic acids is 2. The normalized spacial score (nSPS) is 10.6. The molecule has 2 aromatic rings. The van der Waals surface area contributed by atoms with Gasteiger partial charge in [0.25, 0.3) is 0 Å². The largest absolute Gasteiger partial charge is 0.507 e. The van der Waals surface area contributed by atoms with E-state index in [1.807, 2.05) is 13.8 Å². The summed E-state index contributed by atoms with van der Waals surface area (Å²) < 4.78 is 10.5. The van der Waals surface area contributed by atoms with Crippen LogP contribution in [0.1, 0.15) is 77.8 Å². The van der Waals surface area contributed by atoms with Gasteiger partial charge >= 0.3 is 11.9 Å². The van der Waals surface area contributed by atoms with E-state index < -0.39 is 23.4 Å².